The number of rotatable bonds is 4. The van der Waals surface area contributed by atoms with Crippen molar-refractivity contribution in [3.63, 3.8) is 0 Å². The molecule has 112 valence electrons. The maximum absolute atomic E-state index is 12.5. The van der Waals surface area contributed by atoms with Crippen LogP contribution < -0.4 is 0 Å². The van der Waals surface area contributed by atoms with E-state index < -0.39 is 5.97 Å². The van der Waals surface area contributed by atoms with Crippen LogP contribution in [0.25, 0.3) is 0 Å². The van der Waals surface area contributed by atoms with E-state index in [-0.39, 0.29) is 23.9 Å². The highest BCUT2D eigenvalue weighted by Crippen LogP contribution is 2.42. The van der Waals surface area contributed by atoms with E-state index in [1.165, 1.54) is 11.1 Å². The first kappa shape index (κ1) is 14.1. The average Bonchev–Trinajstić information content (AvgIpc) is 3.04. The van der Waals surface area contributed by atoms with Gasteiger partial charge in [0.15, 0.2) is 0 Å². The minimum Gasteiger partial charge on any atom is -0.481 e. The number of hydrogen-bond acceptors (Lipinski definition) is 2. The SMILES string of the molecule is Cc1ccccc1CCC(=O)N1C2CCC1C(C(=O)O)C2. The molecule has 2 heterocycles. The summed E-state index contributed by atoms with van der Waals surface area (Å²) in [6.07, 6.45) is 3.65. The highest BCUT2D eigenvalue weighted by Gasteiger charge is 2.50. The summed E-state index contributed by atoms with van der Waals surface area (Å²) in [6.45, 7) is 2.06. The molecule has 0 aromatic heterocycles. The van der Waals surface area contributed by atoms with E-state index in [9.17, 15) is 14.7 Å². The number of hydrogen-bond donors (Lipinski definition) is 1. The Morgan fingerprint density at radius 2 is 2.05 bits per heavy atom. The van der Waals surface area contributed by atoms with Crippen LogP contribution in [-0.2, 0) is 16.0 Å². The van der Waals surface area contributed by atoms with Crippen molar-refractivity contribution in [1.82, 2.24) is 4.90 Å². The average molecular weight is 287 g/mol. The van der Waals surface area contributed by atoms with Gasteiger partial charge in [-0.1, -0.05) is 24.3 Å². The smallest absolute Gasteiger partial charge is 0.308 e. The Morgan fingerprint density at radius 1 is 1.29 bits per heavy atom. The number of fused-ring (bicyclic) bond motifs is 2. The molecule has 0 spiro atoms. The van der Waals surface area contributed by atoms with Crippen LogP contribution in [-0.4, -0.2) is 34.0 Å². The Labute approximate surface area is 124 Å². The van der Waals surface area contributed by atoms with Gasteiger partial charge < -0.3 is 10.0 Å². The molecule has 4 nitrogen and oxygen atoms in total. The zero-order chi connectivity index (χ0) is 15.0. The van der Waals surface area contributed by atoms with Crippen molar-refractivity contribution >= 4 is 11.9 Å². The number of carbonyl (C=O) groups is 2. The third kappa shape index (κ3) is 2.55. The van der Waals surface area contributed by atoms with Crippen molar-refractivity contribution < 1.29 is 14.7 Å². The van der Waals surface area contributed by atoms with Gasteiger partial charge in [-0.25, -0.2) is 0 Å². The Morgan fingerprint density at radius 3 is 2.71 bits per heavy atom. The Kier molecular flexibility index (Phi) is 3.70. The van der Waals surface area contributed by atoms with E-state index in [1.54, 1.807) is 0 Å². The largest absolute Gasteiger partial charge is 0.481 e. The van der Waals surface area contributed by atoms with Gasteiger partial charge >= 0.3 is 5.97 Å². The molecule has 21 heavy (non-hydrogen) atoms. The lowest BCUT2D eigenvalue weighted by atomic mass is 9.89. The first-order valence-electron chi connectivity index (χ1n) is 7.66. The Hall–Kier alpha value is -1.84. The number of nitrogens with zero attached hydrogens (tertiary/aromatic N) is 1. The first-order valence-corrected chi connectivity index (χ1v) is 7.66. The Bertz CT molecular complexity index is 569. The summed E-state index contributed by atoms with van der Waals surface area (Å²) in [5.74, 6) is -0.987. The van der Waals surface area contributed by atoms with Crippen molar-refractivity contribution in [3.8, 4) is 0 Å². The second-order valence-electron chi connectivity index (χ2n) is 6.21. The number of aliphatic carboxylic acids is 1. The summed E-state index contributed by atoms with van der Waals surface area (Å²) >= 11 is 0. The summed E-state index contributed by atoms with van der Waals surface area (Å²) < 4.78 is 0. The fraction of sp³-hybridized carbons (Fsp3) is 0.529. The minimum absolute atomic E-state index is 0.0723. The van der Waals surface area contributed by atoms with Gasteiger partial charge in [0.1, 0.15) is 0 Å². The number of benzene rings is 1. The molecule has 1 aromatic rings. The predicted molar refractivity (Wildman–Crippen MR) is 78.9 cm³/mol. The molecule has 0 radical (unpaired) electrons. The number of carboxylic acids is 1. The fourth-order valence-electron chi connectivity index (χ4n) is 3.90. The number of amides is 1. The lowest BCUT2D eigenvalue weighted by Crippen LogP contribution is -2.38. The molecule has 3 unspecified atom stereocenters. The molecule has 2 aliphatic rings. The van der Waals surface area contributed by atoms with E-state index in [0.717, 1.165) is 19.3 Å². The van der Waals surface area contributed by atoms with Gasteiger partial charge in [0, 0.05) is 18.5 Å². The molecule has 1 N–H and O–H groups in total. The number of carbonyl (C=O) groups excluding carboxylic acids is 1. The number of aryl methyl sites for hydroxylation is 2. The molecule has 1 aromatic carbocycles. The van der Waals surface area contributed by atoms with E-state index in [1.807, 2.05) is 17.0 Å². The molecule has 2 saturated heterocycles. The van der Waals surface area contributed by atoms with Crippen LogP contribution in [0.5, 0.6) is 0 Å². The van der Waals surface area contributed by atoms with Crippen LogP contribution in [0.3, 0.4) is 0 Å². The number of carboxylic acid groups (broad SMARTS) is 1. The quantitative estimate of drug-likeness (QED) is 0.925. The summed E-state index contributed by atoms with van der Waals surface area (Å²) in [5, 5.41) is 9.24. The van der Waals surface area contributed by atoms with Crippen molar-refractivity contribution in [2.75, 3.05) is 0 Å². The molecule has 3 rings (SSSR count). The zero-order valence-electron chi connectivity index (χ0n) is 12.3. The third-order valence-electron chi connectivity index (χ3n) is 5.01. The van der Waals surface area contributed by atoms with E-state index in [2.05, 4.69) is 19.1 Å². The standard InChI is InChI=1S/C17H21NO3/c1-11-4-2-3-5-12(11)6-9-16(19)18-13-7-8-15(18)14(10-13)17(20)21/h2-5,13-15H,6-10H2,1H3,(H,20,21). The van der Waals surface area contributed by atoms with E-state index in [0.29, 0.717) is 12.8 Å². The van der Waals surface area contributed by atoms with E-state index >= 15 is 0 Å². The lowest BCUT2D eigenvalue weighted by molar-refractivity contribution is -0.143. The second kappa shape index (κ2) is 5.51. The summed E-state index contributed by atoms with van der Waals surface area (Å²) in [4.78, 5) is 25.6. The first-order chi connectivity index (χ1) is 10.1. The maximum atomic E-state index is 12.5. The Balaban J connectivity index is 1.64. The molecular formula is C17H21NO3. The van der Waals surface area contributed by atoms with Gasteiger partial charge in [0.2, 0.25) is 5.91 Å². The topological polar surface area (TPSA) is 57.6 Å². The van der Waals surface area contributed by atoms with Crippen LogP contribution in [0, 0.1) is 12.8 Å². The van der Waals surface area contributed by atoms with Gasteiger partial charge in [-0.2, -0.15) is 0 Å². The normalized spacial score (nSPS) is 27.1. The van der Waals surface area contributed by atoms with Gasteiger partial charge in [-0.3, -0.25) is 9.59 Å². The molecule has 4 heteroatoms. The minimum atomic E-state index is -0.751. The van der Waals surface area contributed by atoms with Crippen LogP contribution in [0.15, 0.2) is 24.3 Å². The second-order valence-corrected chi connectivity index (χ2v) is 6.21. The summed E-state index contributed by atoms with van der Waals surface area (Å²) in [5.41, 5.74) is 2.41. The lowest BCUT2D eigenvalue weighted by Gasteiger charge is -2.23. The van der Waals surface area contributed by atoms with Crippen molar-refractivity contribution in [1.29, 1.82) is 0 Å². The fourth-order valence-corrected chi connectivity index (χ4v) is 3.90. The van der Waals surface area contributed by atoms with Crippen LogP contribution in [0.4, 0.5) is 0 Å². The van der Waals surface area contributed by atoms with Gasteiger partial charge in [0.25, 0.3) is 0 Å². The van der Waals surface area contributed by atoms with Gasteiger partial charge in [-0.15, -0.1) is 0 Å². The highest BCUT2D eigenvalue weighted by molar-refractivity contribution is 5.80. The van der Waals surface area contributed by atoms with E-state index in [4.69, 9.17) is 0 Å². The van der Waals surface area contributed by atoms with Crippen LogP contribution in [0.1, 0.15) is 36.8 Å². The van der Waals surface area contributed by atoms with Crippen LogP contribution >= 0.6 is 0 Å². The third-order valence-corrected chi connectivity index (χ3v) is 5.01. The molecule has 2 aliphatic heterocycles. The monoisotopic (exact) mass is 287 g/mol. The van der Waals surface area contributed by atoms with Gasteiger partial charge in [-0.05, 0) is 43.7 Å². The van der Waals surface area contributed by atoms with Crippen LogP contribution in [0.2, 0.25) is 0 Å². The molecule has 2 bridgehead atoms. The summed E-state index contributed by atoms with van der Waals surface area (Å²) in [7, 11) is 0. The predicted octanol–water partition coefficient (Wildman–Crippen LogP) is 2.39. The highest BCUT2D eigenvalue weighted by atomic mass is 16.4. The molecule has 0 saturated carbocycles. The molecular weight excluding hydrogens is 266 g/mol. The van der Waals surface area contributed by atoms with Crippen molar-refractivity contribution in [2.24, 2.45) is 5.92 Å². The zero-order valence-corrected chi connectivity index (χ0v) is 12.3. The molecule has 3 atom stereocenters. The molecule has 2 fully saturated rings. The van der Waals surface area contributed by atoms with Crippen molar-refractivity contribution in [3.05, 3.63) is 35.4 Å². The summed E-state index contributed by atoms with van der Waals surface area (Å²) in [6, 6.07) is 8.18. The molecule has 0 aliphatic carbocycles. The van der Waals surface area contributed by atoms with Crippen molar-refractivity contribution in [2.45, 2.75) is 51.1 Å². The molecule has 1 amide bonds. The van der Waals surface area contributed by atoms with Gasteiger partial charge in [0.05, 0.1) is 5.92 Å². The maximum Gasteiger partial charge on any atom is 0.308 e.